The number of nitrogens with zero attached hydrogens (tertiary/aromatic N) is 2. The fraction of sp³-hybridized carbons (Fsp3) is 0.812. The average molecular weight is 659 g/mol. The number of carbonyl (C=O) groups excluding carboxylic acids is 4. The second-order valence-corrected chi connectivity index (χ2v) is 10.4. The van der Waals surface area contributed by atoms with Gasteiger partial charge in [0.15, 0.2) is 0 Å². The predicted octanol–water partition coefficient (Wildman–Crippen LogP) is 3.01. The molecule has 14 nitrogen and oxygen atoms in total. The van der Waals surface area contributed by atoms with Crippen LogP contribution in [0.5, 0.6) is 0 Å². The van der Waals surface area contributed by atoms with Crippen molar-refractivity contribution in [2.75, 3.05) is 106 Å². The minimum Gasteiger partial charge on any atom is -0.463 e. The van der Waals surface area contributed by atoms with Gasteiger partial charge in [0, 0.05) is 25.7 Å². The van der Waals surface area contributed by atoms with Crippen LogP contribution in [0.2, 0.25) is 0 Å². The van der Waals surface area contributed by atoms with Crippen molar-refractivity contribution in [1.82, 2.24) is 0 Å². The van der Waals surface area contributed by atoms with E-state index in [-0.39, 0.29) is 38.3 Å². The molecule has 0 bridgehead atoms. The van der Waals surface area contributed by atoms with Crippen LogP contribution in [-0.4, -0.2) is 130 Å². The van der Waals surface area contributed by atoms with Crippen LogP contribution < -0.4 is 0 Å². The van der Waals surface area contributed by atoms with Crippen molar-refractivity contribution in [2.45, 2.75) is 52.4 Å². The predicted molar refractivity (Wildman–Crippen MR) is 168 cm³/mol. The van der Waals surface area contributed by atoms with Gasteiger partial charge in [-0.2, -0.15) is 0 Å². The van der Waals surface area contributed by atoms with Gasteiger partial charge in [-0.25, -0.2) is 24.4 Å². The van der Waals surface area contributed by atoms with Crippen LogP contribution in [0, 0.1) is 11.3 Å². The lowest BCUT2D eigenvalue weighted by Gasteiger charge is -2.32. The van der Waals surface area contributed by atoms with Crippen molar-refractivity contribution in [2.24, 2.45) is 21.3 Å². The lowest BCUT2D eigenvalue weighted by molar-refractivity contribution is -0.145. The number of unbranched alkanes of at least 4 members (excludes halogenated alkanes) is 1. The van der Waals surface area contributed by atoms with Gasteiger partial charge in [-0.15, -0.1) is 0 Å². The van der Waals surface area contributed by atoms with E-state index in [1.54, 1.807) is 6.08 Å². The molecule has 0 aliphatic rings. The van der Waals surface area contributed by atoms with Crippen LogP contribution in [0.3, 0.4) is 0 Å². The van der Waals surface area contributed by atoms with Gasteiger partial charge in [0.2, 0.25) is 12.2 Å². The van der Waals surface area contributed by atoms with Gasteiger partial charge < -0.3 is 37.9 Å². The zero-order valence-electron chi connectivity index (χ0n) is 27.7. The minimum atomic E-state index is -0.520. The molecule has 0 heterocycles. The molecular formula is C32H54N2O12. The molecule has 0 fully saturated rings. The van der Waals surface area contributed by atoms with Crippen LogP contribution >= 0.6 is 0 Å². The maximum absolute atomic E-state index is 12.0. The quantitative estimate of drug-likeness (QED) is 0.0327. The summed E-state index contributed by atoms with van der Waals surface area (Å²) in [4.78, 5) is 50.9. The number of hydrogen-bond acceptors (Lipinski definition) is 14. The first-order chi connectivity index (χ1) is 22.5. The summed E-state index contributed by atoms with van der Waals surface area (Å²) in [5.41, 5.74) is -0.520. The minimum absolute atomic E-state index is 0.146. The molecule has 0 rings (SSSR count). The number of esters is 2. The maximum Gasteiger partial charge on any atom is 0.330 e. The van der Waals surface area contributed by atoms with Gasteiger partial charge in [-0.3, -0.25) is 4.79 Å². The topological polar surface area (TPSA) is 167 Å². The van der Waals surface area contributed by atoms with E-state index in [1.165, 1.54) is 6.08 Å². The number of hydrogen-bond donors (Lipinski definition) is 0. The third kappa shape index (κ3) is 26.4. The maximum atomic E-state index is 12.0. The zero-order chi connectivity index (χ0) is 34.0. The van der Waals surface area contributed by atoms with Gasteiger partial charge in [0.05, 0.1) is 84.6 Å². The Labute approximate surface area is 273 Å². The second-order valence-electron chi connectivity index (χ2n) is 10.4. The molecular weight excluding hydrogens is 604 g/mol. The van der Waals surface area contributed by atoms with E-state index in [1.807, 2.05) is 13.8 Å². The largest absolute Gasteiger partial charge is 0.463 e. The Kier molecular flexibility index (Phi) is 30.2. The molecule has 0 aliphatic heterocycles. The molecule has 264 valence electrons. The molecule has 1 atom stereocenters. The Morgan fingerprint density at radius 2 is 1.22 bits per heavy atom. The Hall–Kier alpha value is -2.80. The van der Waals surface area contributed by atoms with Crippen LogP contribution in [-0.2, 0) is 57.1 Å². The number of ether oxygens (including phenoxy) is 8. The van der Waals surface area contributed by atoms with Gasteiger partial charge in [-0.1, -0.05) is 13.0 Å². The summed E-state index contributed by atoms with van der Waals surface area (Å²) < 4.78 is 44.3. The second kappa shape index (κ2) is 32.2. The molecule has 0 aromatic carbocycles. The summed E-state index contributed by atoms with van der Waals surface area (Å²) in [5.74, 6) is -0.602. The van der Waals surface area contributed by atoms with E-state index < -0.39 is 11.4 Å². The van der Waals surface area contributed by atoms with Gasteiger partial charge in [-0.05, 0) is 45.4 Å². The van der Waals surface area contributed by atoms with Crippen molar-refractivity contribution in [3.63, 3.8) is 0 Å². The first-order valence-corrected chi connectivity index (χ1v) is 15.9. The van der Waals surface area contributed by atoms with E-state index in [9.17, 15) is 19.2 Å². The molecule has 0 aromatic heterocycles. The van der Waals surface area contributed by atoms with E-state index in [0.717, 1.165) is 25.3 Å². The van der Waals surface area contributed by atoms with Gasteiger partial charge in [0.25, 0.3) is 0 Å². The molecule has 1 unspecified atom stereocenters. The Balaban J connectivity index is 4.24. The summed E-state index contributed by atoms with van der Waals surface area (Å²) in [6.07, 6.45) is 8.23. The van der Waals surface area contributed by atoms with Gasteiger partial charge >= 0.3 is 11.9 Å². The molecule has 0 saturated carbocycles. The molecule has 0 amide bonds. The molecule has 0 aliphatic carbocycles. The third-order valence-electron chi connectivity index (χ3n) is 6.52. The van der Waals surface area contributed by atoms with Crippen LogP contribution in [0.25, 0.3) is 0 Å². The van der Waals surface area contributed by atoms with Crippen LogP contribution in [0.15, 0.2) is 22.6 Å². The van der Waals surface area contributed by atoms with Crippen LogP contribution in [0.4, 0.5) is 0 Å². The fourth-order valence-corrected chi connectivity index (χ4v) is 4.15. The Bertz CT molecular complexity index is 867. The standard InChI is InChI=1S/C32H54N2O12/c1-4-30(37)45-20-18-41-14-16-43-25-32(23-39-5-2,24-40-6-3)26-44-17-15-42-19-21-46-31(38)12-8-7-10-29(22-34-28-36)11-9-13-33-27-35/h4,29H,1,5-26H2,2-3H3. The van der Waals surface area contributed by atoms with Crippen LogP contribution in [0.1, 0.15) is 52.4 Å². The molecule has 0 N–H and O–H groups in total. The number of isocyanates is 2. The van der Waals surface area contributed by atoms with E-state index in [0.29, 0.717) is 98.4 Å². The molecule has 0 radical (unpaired) electrons. The summed E-state index contributed by atoms with van der Waals surface area (Å²) in [6, 6.07) is 0. The zero-order valence-corrected chi connectivity index (χ0v) is 27.7. The van der Waals surface area contributed by atoms with Gasteiger partial charge in [0.1, 0.15) is 13.2 Å². The molecule has 0 aromatic rings. The van der Waals surface area contributed by atoms with E-state index >= 15 is 0 Å². The van der Waals surface area contributed by atoms with Crippen molar-refractivity contribution in [1.29, 1.82) is 0 Å². The van der Waals surface area contributed by atoms with E-state index in [2.05, 4.69) is 16.6 Å². The number of rotatable bonds is 34. The highest BCUT2D eigenvalue weighted by Gasteiger charge is 2.32. The molecule has 0 saturated heterocycles. The highest BCUT2D eigenvalue weighted by molar-refractivity contribution is 5.81. The van der Waals surface area contributed by atoms with E-state index in [4.69, 9.17) is 37.9 Å². The summed E-state index contributed by atoms with van der Waals surface area (Å²) >= 11 is 0. The van der Waals surface area contributed by atoms with Crippen molar-refractivity contribution >= 4 is 24.1 Å². The SMILES string of the molecule is C=CC(=O)OCCOCCOCC(COCC)(COCC)COCCOCCOC(=O)CCCCC(CCCN=C=O)CN=C=O. The van der Waals surface area contributed by atoms with Crippen molar-refractivity contribution in [3.8, 4) is 0 Å². The summed E-state index contributed by atoms with van der Waals surface area (Å²) in [7, 11) is 0. The molecule has 46 heavy (non-hydrogen) atoms. The third-order valence-corrected chi connectivity index (χ3v) is 6.52. The monoisotopic (exact) mass is 658 g/mol. The Morgan fingerprint density at radius 3 is 1.78 bits per heavy atom. The molecule has 14 heteroatoms. The van der Waals surface area contributed by atoms with Crippen molar-refractivity contribution in [3.05, 3.63) is 12.7 Å². The number of carbonyl (C=O) groups is 2. The highest BCUT2D eigenvalue weighted by atomic mass is 16.6. The summed E-state index contributed by atoms with van der Waals surface area (Å²) in [6.45, 7) is 12.6. The lowest BCUT2D eigenvalue weighted by Crippen LogP contribution is -2.42. The Morgan fingerprint density at radius 1 is 0.696 bits per heavy atom. The average Bonchev–Trinajstić information content (AvgIpc) is 3.07. The normalized spacial score (nSPS) is 11.7. The fourth-order valence-electron chi connectivity index (χ4n) is 4.15. The smallest absolute Gasteiger partial charge is 0.330 e. The summed E-state index contributed by atoms with van der Waals surface area (Å²) in [5, 5.41) is 0. The first-order valence-electron chi connectivity index (χ1n) is 15.9. The number of aliphatic imine (C=N–C) groups is 2. The van der Waals surface area contributed by atoms with Crippen molar-refractivity contribution < 1.29 is 57.1 Å². The molecule has 0 spiro atoms. The lowest BCUT2D eigenvalue weighted by atomic mass is 9.92. The highest BCUT2D eigenvalue weighted by Crippen LogP contribution is 2.21. The first kappa shape index (κ1) is 43.2.